The van der Waals surface area contributed by atoms with E-state index in [-0.39, 0.29) is 18.7 Å². The first kappa shape index (κ1) is 15.8. The van der Waals surface area contributed by atoms with E-state index in [1.807, 2.05) is 54.6 Å². The zero-order valence-corrected chi connectivity index (χ0v) is 14.1. The van der Waals surface area contributed by atoms with E-state index in [4.69, 9.17) is 9.47 Å². The molecule has 0 radical (unpaired) electrons. The van der Waals surface area contributed by atoms with E-state index in [9.17, 15) is 4.79 Å². The summed E-state index contributed by atoms with van der Waals surface area (Å²) in [5.41, 5.74) is 1.09. The van der Waals surface area contributed by atoms with Gasteiger partial charge in [0.05, 0.1) is 12.6 Å². The second kappa shape index (κ2) is 7.02. The second-order valence-corrected chi connectivity index (χ2v) is 6.61. The highest BCUT2D eigenvalue weighted by Crippen LogP contribution is 2.32. The lowest BCUT2D eigenvalue weighted by molar-refractivity contribution is -0.125. The summed E-state index contributed by atoms with van der Waals surface area (Å²) in [6, 6.07) is 9.68. The van der Waals surface area contributed by atoms with Crippen molar-refractivity contribution in [3.8, 4) is 11.5 Å². The van der Waals surface area contributed by atoms with Crippen molar-refractivity contribution in [3.63, 3.8) is 0 Å². The van der Waals surface area contributed by atoms with Crippen LogP contribution in [0.4, 0.5) is 0 Å². The van der Waals surface area contributed by atoms with Crippen LogP contribution in [-0.4, -0.2) is 30.7 Å². The molecule has 1 aliphatic rings. The monoisotopic (exact) mass is 332 g/mol. The molecule has 6 heteroatoms. The van der Waals surface area contributed by atoms with Gasteiger partial charge in [0.25, 0.3) is 0 Å². The number of likely N-dealkylation sites (N-methyl/N-ethyl adjacent to an activating group) is 1. The van der Waals surface area contributed by atoms with Crippen molar-refractivity contribution in [2.45, 2.75) is 26.1 Å². The van der Waals surface area contributed by atoms with Crippen molar-refractivity contribution in [2.24, 2.45) is 0 Å². The highest BCUT2D eigenvalue weighted by Gasteiger charge is 2.19. The van der Waals surface area contributed by atoms with Crippen LogP contribution in [0.25, 0.3) is 0 Å². The summed E-state index contributed by atoms with van der Waals surface area (Å²) < 4.78 is 10.7. The van der Waals surface area contributed by atoms with Crippen LogP contribution in [0.2, 0.25) is 0 Å². The number of nitrogens with zero attached hydrogens (tertiary/aromatic N) is 1. The van der Waals surface area contributed by atoms with E-state index < -0.39 is 0 Å². The maximum Gasteiger partial charge on any atom is 0.237 e. The number of hydrogen-bond acceptors (Lipinski definition) is 5. The highest BCUT2D eigenvalue weighted by molar-refractivity contribution is 7.09. The molecule has 0 bridgehead atoms. The predicted molar refractivity (Wildman–Crippen MR) is 89.7 cm³/mol. The van der Waals surface area contributed by atoms with Crippen molar-refractivity contribution in [1.82, 2.24) is 10.2 Å². The van der Waals surface area contributed by atoms with Crippen molar-refractivity contribution in [2.75, 3.05) is 13.8 Å². The lowest BCUT2D eigenvalue weighted by Crippen LogP contribution is -2.42. The smallest absolute Gasteiger partial charge is 0.237 e. The minimum absolute atomic E-state index is 0.0293. The van der Waals surface area contributed by atoms with E-state index >= 15 is 0 Å². The van der Waals surface area contributed by atoms with E-state index in [1.165, 1.54) is 0 Å². The largest absolute Gasteiger partial charge is 0.454 e. The molecule has 1 aliphatic heterocycles. The topological polar surface area (TPSA) is 50.8 Å². The average molecular weight is 332 g/mol. The zero-order valence-electron chi connectivity index (χ0n) is 13.2. The predicted octanol–water partition coefficient (Wildman–Crippen LogP) is 2.61. The van der Waals surface area contributed by atoms with Gasteiger partial charge in [-0.3, -0.25) is 9.69 Å². The molecule has 0 spiro atoms. The minimum atomic E-state index is -0.208. The van der Waals surface area contributed by atoms with E-state index in [0.29, 0.717) is 13.1 Å². The van der Waals surface area contributed by atoms with Gasteiger partial charge < -0.3 is 14.8 Å². The highest BCUT2D eigenvalue weighted by atomic mass is 32.1. The molecule has 1 amide bonds. The number of carbonyl (C=O) groups excluding carboxylic acids is 1. The molecule has 1 aromatic heterocycles. The van der Waals surface area contributed by atoms with Gasteiger partial charge in [-0.15, -0.1) is 11.3 Å². The molecule has 0 saturated heterocycles. The molecular weight excluding hydrogens is 312 g/mol. The minimum Gasteiger partial charge on any atom is -0.454 e. The first-order valence-corrected chi connectivity index (χ1v) is 8.40. The Labute approximate surface area is 139 Å². The van der Waals surface area contributed by atoms with Gasteiger partial charge in [0, 0.05) is 11.4 Å². The molecule has 2 aromatic rings. The van der Waals surface area contributed by atoms with E-state index in [0.717, 1.165) is 21.9 Å². The summed E-state index contributed by atoms with van der Waals surface area (Å²) in [6.45, 7) is 3.44. The first-order chi connectivity index (χ1) is 11.1. The number of fused-ring (bicyclic) bond motifs is 1. The normalized spacial score (nSPS) is 14.0. The van der Waals surface area contributed by atoms with Gasteiger partial charge in [0.1, 0.15) is 0 Å². The average Bonchev–Trinajstić information content (AvgIpc) is 3.22. The third kappa shape index (κ3) is 3.83. The van der Waals surface area contributed by atoms with Gasteiger partial charge in [0.2, 0.25) is 12.7 Å². The first-order valence-electron chi connectivity index (χ1n) is 7.52. The summed E-state index contributed by atoms with van der Waals surface area (Å²) in [5.74, 6) is 1.57. The van der Waals surface area contributed by atoms with Crippen LogP contribution < -0.4 is 14.8 Å². The summed E-state index contributed by atoms with van der Waals surface area (Å²) in [4.78, 5) is 15.4. The van der Waals surface area contributed by atoms with Crippen LogP contribution in [0, 0.1) is 0 Å². The molecule has 23 heavy (non-hydrogen) atoms. The number of nitrogens with one attached hydrogen (secondary N) is 1. The molecule has 0 fully saturated rings. The lowest BCUT2D eigenvalue weighted by Gasteiger charge is -2.24. The number of thiophene rings is 1. The molecule has 3 rings (SSSR count). The van der Waals surface area contributed by atoms with Crippen molar-refractivity contribution >= 4 is 17.2 Å². The maximum atomic E-state index is 12.3. The number of rotatable bonds is 6. The van der Waals surface area contributed by atoms with Gasteiger partial charge in [-0.05, 0) is 43.1 Å². The van der Waals surface area contributed by atoms with Crippen LogP contribution >= 0.6 is 11.3 Å². The number of hydrogen-bond donors (Lipinski definition) is 1. The third-order valence-corrected chi connectivity index (χ3v) is 4.80. The van der Waals surface area contributed by atoms with Crippen LogP contribution in [0.5, 0.6) is 11.5 Å². The standard InChI is InChI=1S/C17H20N2O3S/c1-12(17(20)18-9-14-4-3-7-23-14)19(2)10-13-5-6-15-16(8-13)22-11-21-15/h3-8,12H,9-11H2,1-2H3,(H,18,20). The fourth-order valence-electron chi connectivity index (χ4n) is 2.40. The Morgan fingerprint density at radius 3 is 2.96 bits per heavy atom. The number of amides is 1. The molecule has 1 aromatic carbocycles. The van der Waals surface area contributed by atoms with Crippen LogP contribution in [0.15, 0.2) is 35.7 Å². The fraction of sp³-hybridized carbons (Fsp3) is 0.353. The molecule has 5 nitrogen and oxygen atoms in total. The van der Waals surface area contributed by atoms with Crippen molar-refractivity contribution in [1.29, 1.82) is 0 Å². The molecular formula is C17H20N2O3S. The molecule has 1 unspecified atom stereocenters. The summed E-state index contributed by atoms with van der Waals surface area (Å²) in [6.07, 6.45) is 0. The number of carbonyl (C=O) groups is 1. The lowest BCUT2D eigenvalue weighted by atomic mass is 10.1. The molecule has 122 valence electrons. The van der Waals surface area contributed by atoms with Gasteiger partial charge >= 0.3 is 0 Å². The molecule has 0 saturated carbocycles. The second-order valence-electron chi connectivity index (χ2n) is 5.58. The van der Waals surface area contributed by atoms with Crippen molar-refractivity contribution in [3.05, 3.63) is 46.2 Å². The van der Waals surface area contributed by atoms with Gasteiger partial charge in [-0.25, -0.2) is 0 Å². The Kier molecular flexibility index (Phi) is 4.83. The summed E-state index contributed by atoms with van der Waals surface area (Å²) in [5, 5.41) is 4.99. The van der Waals surface area contributed by atoms with Crippen LogP contribution in [0.3, 0.4) is 0 Å². The zero-order chi connectivity index (χ0) is 16.2. The Morgan fingerprint density at radius 2 is 2.17 bits per heavy atom. The van der Waals surface area contributed by atoms with Gasteiger partial charge in [-0.1, -0.05) is 12.1 Å². The Balaban J connectivity index is 1.54. The van der Waals surface area contributed by atoms with Crippen LogP contribution in [0.1, 0.15) is 17.4 Å². The SMILES string of the molecule is CC(C(=O)NCc1cccs1)N(C)Cc1ccc2c(c1)OCO2. The molecule has 0 aliphatic carbocycles. The van der Waals surface area contributed by atoms with Gasteiger partial charge in [0.15, 0.2) is 11.5 Å². The summed E-state index contributed by atoms with van der Waals surface area (Å²) >= 11 is 1.64. The quantitative estimate of drug-likeness (QED) is 0.883. The Hall–Kier alpha value is -2.05. The Bertz CT molecular complexity index is 672. The number of benzene rings is 1. The molecule has 1 N–H and O–H groups in total. The van der Waals surface area contributed by atoms with Gasteiger partial charge in [-0.2, -0.15) is 0 Å². The fourth-order valence-corrected chi connectivity index (χ4v) is 3.04. The third-order valence-electron chi connectivity index (χ3n) is 3.93. The van der Waals surface area contributed by atoms with Crippen LogP contribution in [-0.2, 0) is 17.9 Å². The Morgan fingerprint density at radius 1 is 1.35 bits per heavy atom. The molecule has 1 atom stereocenters. The van der Waals surface area contributed by atoms with Crippen molar-refractivity contribution < 1.29 is 14.3 Å². The van der Waals surface area contributed by atoms with E-state index in [2.05, 4.69) is 5.32 Å². The number of ether oxygens (including phenoxy) is 2. The summed E-state index contributed by atoms with van der Waals surface area (Å²) in [7, 11) is 1.94. The van der Waals surface area contributed by atoms with E-state index in [1.54, 1.807) is 11.3 Å². The maximum absolute atomic E-state index is 12.3. The molecule has 2 heterocycles.